The number of halogens is 3. The first kappa shape index (κ1) is 18.3. The maximum Gasteiger partial charge on any atom is 0.387 e. The molecule has 0 spiro atoms. The molecule has 0 radical (unpaired) electrons. The molecule has 1 aliphatic rings. The second kappa shape index (κ2) is 7.81. The van der Waals surface area contributed by atoms with Crippen LogP contribution in [-0.4, -0.2) is 25.6 Å². The van der Waals surface area contributed by atoms with Crippen LogP contribution in [0.3, 0.4) is 0 Å². The van der Waals surface area contributed by atoms with Gasteiger partial charge in [-0.05, 0) is 58.5 Å². The van der Waals surface area contributed by atoms with Crippen molar-refractivity contribution in [2.75, 3.05) is 7.11 Å². The van der Waals surface area contributed by atoms with Gasteiger partial charge in [-0.15, -0.1) is 0 Å². The Balaban J connectivity index is 1.94. The quantitative estimate of drug-likeness (QED) is 0.372. The topological polar surface area (TPSA) is 57.1 Å². The molecule has 2 aromatic carbocycles. The van der Waals surface area contributed by atoms with E-state index in [4.69, 9.17) is 9.47 Å². The number of ether oxygens (including phenoxy) is 3. The Morgan fingerprint density at radius 2 is 1.96 bits per heavy atom. The van der Waals surface area contributed by atoms with E-state index in [1.807, 2.05) is 18.2 Å². The van der Waals surface area contributed by atoms with Gasteiger partial charge in [0.1, 0.15) is 0 Å². The Morgan fingerprint density at radius 3 is 2.65 bits per heavy atom. The number of cyclic esters (lactones) is 1. The molecule has 134 valence electrons. The molecule has 5 nitrogen and oxygen atoms in total. The summed E-state index contributed by atoms with van der Waals surface area (Å²) >= 11 is 2.12. The van der Waals surface area contributed by atoms with E-state index in [9.17, 15) is 13.6 Å². The van der Waals surface area contributed by atoms with E-state index < -0.39 is 12.6 Å². The number of benzene rings is 2. The van der Waals surface area contributed by atoms with Gasteiger partial charge >= 0.3 is 12.6 Å². The molecule has 2 aromatic rings. The van der Waals surface area contributed by atoms with Crippen molar-refractivity contribution in [3.63, 3.8) is 0 Å². The lowest BCUT2D eigenvalue weighted by Crippen LogP contribution is -2.06. The minimum absolute atomic E-state index is 0.0628. The number of carbonyl (C=O) groups is 1. The highest BCUT2D eigenvalue weighted by Crippen LogP contribution is 2.31. The van der Waals surface area contributed by atoms with Gasteiger partial charge in [0.15, 0.2) is 17.2 Å². The van der Waals surface area contributed by atoms with Gasteiger partial charge in [0, 0.05) is 3.57 Å². The molecule has 26 heavy (non-hydrogen) atoms. The zero-order valence-electron chi connectivity index (χ0n) is 13.4. The van der Waals surface area contributed by atoms with Crippen molar-refractivity contribution < 1.29 is 27.8 Å². The maximum atomic E-state index is 12.5. The lowest BCUT2D eigenvalue weighted by Gasteiger charge is -2.10. The van der Waals surface area contributed by atoms with Crippen molar-refractivity contribution >= 4 is 40.5 Å². The summed E-state index contributed by atoms with van der Waals surface area (Å²) in [6.07, 6.45) is 1.43. The van der Waals surface area contributed by atoms with Crippen LogP contribution in [0.1, 0.15) is 11.1 Å². The standard InChI is InChI=1S/C18H12F2INO4/c1-24-14-7-6-10(9-15(14)25-18(19)20)8-13-17(23)26-16(22-13)11-4-2-3-5-12(11)21/h2-9,18H,1H3. The Bertz CT molecular complexity index is 912. The zero-order valence-corrected chi connectivity index (χ0v) is 15.6. The lowest BCUT2D eigenvalue weighted by atomic mass is 10.1. The largest absolute Gasteiger partial charge is 0.493 e. The minimum Gasteiger partial charge on any atom is -0.493 e. The molecule has 0 amide bonds. The SMILES string of the molecule is COc1ccc(C=C2N=C(c3ccccc3I)OC2=O)cc1OC(F)F. The van der Waals surface area contributed by atoms with Crippen LogP contribution >= 0.6 is 22.6 Å². The summed E-state index contributed by atoms with van der Waals surface area (Å²) < 4.78 is 40.6. The molecule has 8 heteroatoms. The fourth-order valence-corrected chi connectivity index (χ4v) is 2.91. The summed E-state index contributed by atoms with van der Waals surface area (Å²) in [5.74, 6) is -0.398. The Hall–Kier alpha value is -2.49. The monoisotopic (exact) mass is 471 g/mol. The van der Waals surface area contributed by atoms with Crippen LogP contribution in [0.15, 0.2) is 53.2 Å². The van der Waals surface area contributed by atoms with Gasteiger partial charge in [-0.1, -0.05) is 18.2 Å². The van der Waals surface area contributed by atoms with Gasteiger partial charge in [-0.2, -0.15) is 8.78 Å². The lowest BCUT2D eigenvalue weighted by molar-refractivity contribution is -0.129. The summed E-state index contributed by atoms with van der Waals surface area (Å²) in [4.78, 5) is 16.3. The summed E-state index contributed by atoms with van der Waals surface area (Å²) in [6.45, 7) is -2.99. The van der Waals surface area contributed by atoms with Crippen molar-refractivity contribution in [3.05, 3.63) is 62.9 Å². The third-order valence-corrected chi connectivity index (χ3v) is 4.37. The molecular formula is C18H12F2INO4. The Labute approximate surface area is 161 Å². The van der Waals surface area contributed by atoms with E-state index in [2.05, 4.69) is 32.3 Å². The van der Waals surface area contributed by atoms with E-state index in [0.717, 1.165) is 3.57 Å². The fraction of sp³-hybridized carbons (Fsp3) is 0.111. The summed E-state index contributed by atoms with van der Waals surface area (Å²) in [5.41, 5.74) is 1.20. The first-order valence-electron chi connectivity index (χ1n) is 7.38. The minimum atomic E-state index is -2.99. The van der Waals surface area contributed by atoms with Crippen LogP contribution in [0.25, 0.3) is 6.08 Å². The number of nitrogens with zero attached hydrogens (tertiary/aromatic N) is 1. The molecule has 0 N–H and O–H groups in total. The molecule has 0 fully saturated rings. The van der Waals surface area contributed by atoms with Crippen molar-refractivity contribution in [2.45, 2.75) is 6.61 Å². The number of alkyl halides is 2. The van der Waals surface area contributed by atoms with Crippen LogP contribution in [0.2, 0.25) is 0 Å². The summed E-state index contributed by atoms with van der Waals surface area (Å²) in [7, 11) is 1.35. The molecular weight excluding hydrogens is 459 g/mol. The highest BCUT2D eigenvalue weighted by molar-refractivity contribution is 14.1. The van der Waals surface area contributed by atoms with Crippen LogP contribution < -0.4 is 9.47 Å². The predicted molar refractivity (Wildman–Crippen MR) is 99.4 cm³/mol. The predicted octanol–water partition coefficient (Wildman–Crippen LogP) is 4.25. The third kappa shape index (κ3) is 4.01. The van der Waals surface area contributed by atoms with Gasteiger partial charge in [0.2, 0.25) is 5.90 Å². The van der Waals surface area contributed by atoms with Crippen molar-refractivity contribution in [3.8, 4) is 11.5 Å². The second-order valence-electron chi connectivity index (χ2n) is 5.10. The van der Waals surface area contributed by atoms with Crippen LogP contribution in [-0.2, 0) is 9.53 Å². The normalized spacial score (nSPS) is 15.2. The van der Waals surface area contributed by atoms with Crippen LogP contribution in [0.4, 0.5) is 8.78 Å². The van der Waals surface area contributed by atoms with Gasteiger partial charge < -0.3 is 14.2 Å². The second-order valence-corrected chi connectivity index (χ2v) is 6.27. The van der Waals surface area contributed by atoms with E-state index >= 15 is 0 Å². The van der Waals surface area contributed by atoms with Crippen molar-refractivity contribution in [1.29, 1.82) is 0 Å². The van der Waals surface area contributed by atoms with Gasteiger partial charge in [-0.3, -0.25) is 0 Å². The van der Waals surface area contributed by atoms with Gasteiger partial charge in [-0.25, -0.2) is 9.79 Å². The number of esters is 1. The van der Waals surface area contributed by atoms with E-state index in [1.165, 1.54) is 25.3 Å². The molecule has 0 aromatic heterocycles. The van der Waals surface area contributed by atoms with E-state index in [1.54, 1.807) is 12.1 Å². The van der Waals surface area contributed by atoms with Gasteiger partial charge in [0.05, 0.1) is 12.7 Å². The first-order chi connectivity index (χ1) is 12.5. The van der Waals surface area contributed by atoms with E-state index in [-0.39, 0.29) is 23.1 Å². The number of carbonyl (C=O) groups excluding carboxylic acids is 1. The molecule has 0 atom stereocenters. The molecule has 0 saturated heterocycles. The highest BCUT2D eigenvalue weighted by atomic mass is 127. The highest BCUT2D eigenvalue weighted by Gasteiger charge is 2.25. The number of aliphatic imine (C=N–C) groups is 1. The summed E-state index contributed by atoms with van der Waals surface area (Å²) in [5, 5.41) is 0. The Morgan fingerprint density at radius 1 is 1.19 bits per heavy atom. The average molecular weight is 471 g/mol. The molecule has 0 bridgehead atoms. The smallest absolute Gasteiger partial charge is 0.387 e. The van der Waals surface area contributed by atoms with Crippen LogP contribution in [0.5, 0.6) is 11.5 Å². The molecule has 1 heterocycles. The number of methoxy groups -OCH3 is 1. The molecule has 0 saturated carbocycles. The number of hydrogen-bond donors (Lipinski definition) is 0. The fourth-order valence-electron chi connectivity index (χ4n) is 2.29. The van der Waals surface area contributed by atoms with Gasteiger partial charge in [0.25, 0.3) is 0 Å². The number of hydrogen-bond acceptors (Lipinski definition) is 5. The Kier molecular flexibility index (Phi) is 5.50. The van der Waals surface area contributed by atoms with E-state index in [0.29, 0.717) is 11.1 Å². The van der Waals surface area contributed by atoms with Crippen molar-refractivity contribution in [1.82, 2.24) is 0 Å². The van der Waals surface area contributed by atoms with Crippen LogP contribution in [0, 0.1) is 3.57 Å². The maximum absolute atomic E-state index is 12.5. The molecule has 0 aliphatic carbocycles. The number of rotatable bonds is 5. The molecule has 3 rings (SSSR count). The molecule has 1 aliphatic heterocycles. The zero-order chi connectivity index (χ0) is 18.7. The van der Waals surface area contributed by atoms with Crippen molar-refractivity contribution in [2.24, 2.45) is 4.99 Å². The average Bonchev–Trinajstić information content (AvgIpc) is 2.95. The third-order valence-electron chi connectivity index (χ3n) is 3.43. The molecule has 0 unspecified atom stereocenters. The summed E-state index contributed by atoms with van der Waals surface area (Å²) in [6, 6.07) is 11.7. The first-order valence-corrected chi connectivity index (χ1v) is 8.46.